The number of nitrogens with zero attached hydrogens (tertiary/aromatic N) is 1. The van der Waals surface area contributed by atoms with Gasteiger partial charge in [0.2, 0.25) is 5.91 Å². The zero-order valence-corrected chi connectivity index (χ0v) is 13.7. The first-order chi connectivity index (χ1) is 11.5. The predicted molar refractivity (Wildman–Crippen MR) is 91.0 cm³/mol. The highest BCUT2D eigenvalue weighted by atomic mass is 19.1. The molecule has 0 unspecified atom stereocenters. The number of benzene rings is 2. The second-order valence-electron chi connectivity index (χ2n) is 6.52. The molecule has 0 radical (unpaired) electrons. The molecule has 0 spiro atoms. The summed E-state index contributed by atoms with van der Waals surface area (Å²) in [5.41, 5.74) is 2.00. The highest BCUT2D eigenvalue weighted by Crippen LogP contribution is 2.33. The van der Waals surface area contributed by atoms with E-state index in [2.05, 4.69) is 0 Å². The van der Waals surface area contributed by atoms with Crippen molar-refractivity contribution < 1.29 is 14.3 Å². The van der Waals surface area contributed by atoms with Gasteiger partial charge in [0.05, 0.1) is 12.1 Å². The molecule has 0 saturated carbocycles. The number of likely N-dealkylation sites (tertiary alicyclic amines) is 1. The van der Waals surface area contributed by atoms with Gasteiger partial charge in [0, 0.05) is 13.0 Å². The van der Waals surface area contributed by atoms with E-state index >= 15 is 0 Å². The fourth-order valence-corrected chi connectivity index (χ4v) is 3.37. The first-order valence-electron chi connectivity index (χ1n) is 8.32. The third-order valence-corrected chi connectivity index (χ3v) is 4.70. The number of amides is 1. The van der Waals surface area contributed by atoms with Crippen molar-refractivity contribution in [2.45, 2.75) is 37.8 Å². The topological polar surface area (TPSA) is 40.5 Å². The van der Waals surface area contributed by atoms with E-state index in [0.717, 1.165) is 11.1 Å². The summed E-state index contributed by atoms with van der Waals surface area (Å²) in [4.78, 5) is 14.5. The van der Waals surface area contributed by atoms with E-state index in [4.69, 9.17) is 0 Å². The average Bonchev–Trinajstić information content (AvgIpc) is 2.98. The van der Waals surface area contributed by atoms with Crippen LogP contribution in [0.5, 0.6) is 0 Å². The molecular weight excluding hydrogens is 305 g/mol. The van der Waals surface area contributed by atoms with Gasteiger partial charge < -0.3 is 10.0 Å². The van der Waals surface area contributed by atoms with Crippen molar-refractivity contribution in [3.8, 4) is 0 Å². The van der Waals surface area contributed by atoms with Gasteiger partial charge in [-0.15, -0.1) is 0 Å². The molecule has 1 aliphatic heterocycles. The first kappa shape index (κ1) is 16.7. The van der Waals surface area contributed by atoms with Gasteiger partial charge in [-0.2, -0.15) is 0 Å². The van der Waals surface area contributed by atoms with E-state index in [1.54, 1.807) is 17.0 Å². The van der Waals surface area contributed by atoms with Crippen LogP contribution in [0.4, 0.5) is 4.39 Å². The van der Waals surface area contributed by atoms with Crippen LogP contribution in [0.15, 0.2) is 54.6 Å². The third kappa shape index (κ3) is 3.65. The molecule has 1 fully saturated rings. The van der Waals surface area contributed by atoms with Crippen LogP contribution < -0.4 is 0 Å². The fraction of sp³-hybridized carbons (Fsp3) is 0.350. The van der Waals surface area contributed by atoms with Crippen LogP contribution in [0.25, 0.3) is 0 Å². The number of carbonyl (C=O) groups excluding carboxylic acids is 1. The van der Waals surface area contributed by atoms with E-state index in [-0.39, 0.29) is 23.7 Å². The van der Waals surface area contributed by atoms with Gasteiger partial charge in [-0.1, -0.05) is 49.4 Å². The third-order valence-electron chi connectivity index (χ3n) is 4.70. The number of β-amino-alcohol motifs (C(OH)–C–C–N with tert-alkyl or cyclic N) is 1. The summed E-state index contributed by atoms with van der Waals surface area (Å²) in [6, 6.07) is 16.0. The molecule has 0 aliphatic carbocycles. The summed E-state index contributed by atoms with van der Waals surface area (Å²) in [6.45, 7) is 2.34. The minimum atomic E-state index is -0.486. The molecule has 4 heteroatoms. The smallest absolute Gasteiger partial charge is 0.223 e. The number of hydrogen-bond acceptors (Lipinski definition) is 2. The van der Waals surface area contributed by atoms with Crippen molar-refractivity contribution in [1.82, 2.24) is 4.90 Å². The lowest BCUT2D eigenvalue weighted by atomic mass is 9.96. The second-order valence-corrected chi connectivity index (χ2v) is 6.52. The number of aliphatic hydroxyl groups is 1. The Kier molecular flexibility index (Phi) is 4.95. The summed E-state index contributed by atoms with van der Waals surface area (Å²) in [6.07, 6.45) is 0.433. The lowest BCUT2D eigenvalue weighted by molar-refractivity contribution is -0.132. The van der Waals surface area contributed by atoms with Crippen LogP contribution in [0.1, 0.15) is 42.9 Å². The molecule has 1 amide bonds. The van der Waals surface area contributed by atoms with Crippen LogP contribution in [-0.4, -0.2) is 28.6 Å². The van der Waals surface area contributed by atoms with Gasteiger partial charge in [0.1, 0.15) is 5.82 Å². The van der Waals surface area contributed by atoms with Gasteiger partial charge in [-0.05, 0) is 35.6 Å². The summed E-state index contributed by atoms with van der Waals surface area (Å²) in [5.74, 6) is -0.242. The lowest BCUT2D eigenvalue weighted by Gasteiger charge is -2.26. The minimum Gasteiger partial charge on any atom is -0.391 e. The Hall–Kier alpha value is -2.20. The van der Waals surface area contributed by atoms with Gasteiger partial charge in [0.25, 0.3) is 0 Å². The fourth-order valence-electron chi connectivity index (χ4n) is 3.37. The SMILES string of the molecule is C[C@H](CC(=O)N1C[C@@H](O)C[C@H]1c1ccccc1)c1ccc(F)cc1. The van der Waals surface area contributed by atoms with Crippen LogP contribution in [0, 0.1) is 5.82 Å². The van der Waals surface area contributed by atoms with Crippen LogP contribution in [-0.2, 0) is 4.79 Å². The van der Waals surface area contributed by atoms with E-state index in [1.807, 2.05) is 37.3 Å². The molecule has 126 valence electrons. The second kappa shape index (κ2) is 7.14. The Morgan fingerprint density at radius 1 is 1.21 bits per heavy atom. The maximum absolute atomic E-state index is 13.0. The average molecular weight is 327 g/mol. The lowest BCUT2D eigenvalue weighted by Crippen LogP contribution is -2.32. The molecular formula is C20H22FNO2. The maximum Gasteiger partial charge on any atom is 0.223 e. The summed E-state index contributed by atoms with van der Waals surface area (Å²) in [5, 5.41) is 10.0. The molecule has 3 atom stereocenters. The van der Waals surface area contributed by atoms with Crippen molar-refractivity contribution in [1.29, 1.82) is 0 Å². The van der Waals surface area contributed by atoms with Crippen LogP contribution in [0.3, 0.4) is 0 Å². The number of rotatable bonds is 4. The normalized spacial score (nSPS) is 21.7. The van der Waals surface area contributed by atoms with E-state index in [9.17, 15) is 14.3 Å². The number of aliphatic hydroxyl groups excluding tert-OH is 1. The van der Waals surface area contributed by atoms with Gasteiger partial charge >= 0.3 is 0 Å². The van der Waals surface area contributed by atoms with Crippen molar-refractivity contribution in [3.63, 3.8) is 0 Å². The van der Waals surface area contributed by atoms with Crippen molar-refractivity contribution >= 4 is 5.91 Å². The zero-order chi connectivity index (χ0) is 17.1. The Labute approximate surface area is 141 Å². The Bertz CT molecular complexity index is 687. The number of halogens is 1. The molecule has 1 aliphatic rings. The Morgan fingerprint density at radius 2 is 1.88 bits per heavy atom. The standard InChI is InChI=1S/C20H22FNO2/c1-14(15-7-9-17(21)10-8-15)11-20(24)22-13-18(23)12-19(22)16-5-3-2-4-6-16/h2-10,14,18-19,23H,11-13H2,1H3/t14-,18+,19+/m1/s1. The molecule has 1 saturated heterocycles. The van der Waals surface area contributed by atoms with Gasteiger partial charge in [-0.3, -0.25) is 4.79 Å². The summed E-state index contributed by atoms with van der Waals surface area (Å²) in [7, 11) is 0. The van der Waals surface area contributed by atoms with Crippen molar-refractivity contribution in [2.24, 2.45) is 0 Å². The van der Waals surface area contributed by atoms with Crippen molar-refractivity contribution in [3.05, 3.63) is 71.5 Å². The molecule has 24 heavy (non-hydrogen) atoms. The monoisotopic (exact) mass is 327 g/mol. The molecule has 2 aromatic carbocycles. The highest BCUT2D eigenvalue weighted by Gasteiger charge is 2.35. The Balaban J connectivity index is 1.72. The predicted octanol–water partition coefficient (Wildman–Crippen LogP) is 3.65. The summed E-state index contributed by atoms with van der Waals surface area (Å²) >= 11 is 0. The molecule has 3 nitrogen and oxygen atoms in total. The molecule has 0 bridgehead atoms. The quantitative estimate of drug-likeness (QED) is 0.931. The molecule has 1 heterocycles. The first-order valence-corrected chi connectivity index (χ1v) is 8.32. The molecule has 1 N–H and O–H groups in total. The van der Waals surface area contributed by atoms with Crippen LogP contribution >= 0.6 is 0 Å². The van der Waals surface area contributed by atoms with E-state index in [0.29, 0.717) is 19.4 Å². The Morgan fingerprint density at radius 3 is 2.54 bits per heavy atom. The van der Waals surface area contributed by atoms with Gasteiger partial charge in [-0.25, -0.2) is 4.39 Å². The highest BCUT2D eigenvalue weighted by molar-refractivity contribution is 5.78. The van der Waals surface area contributed by atoms with E-state index < -0.39 is 6.10 Å². The van der Waals surface area contributed by atoms with Gasteiger partial charge in [0.15, 0.2) is 0 Å². The molecule has 0 aromatic heterocycles. The maximum atomic E-state index is 13.0. The van der Waals surface area contributed by atoms with Crippen LogP contribution in [0.2, 0.25) is 0 Å². The van der Waals surface area contributed by atoms with E-state index in [1.165, 1.54) is 12.1 Å². The number of carbonyl (C=O) groups is 1. The zero-order valence-electron chi connectivity index (χ0n) is 13.7. The largest absolute Gasteiger partial charge is 0.391 e. The number of hydrogen-bond donors (Lipinski definition) is 1. The minimum absolute atomic E-state index is 0.00673. The summed E-state index contributed by atoms with van der Waals surface area (Å²) < 4.78 is 13.0. The van der Waals surface area contributed by atoms with Crippen molar-refractivity contribution in [2.75, 3.05) is 6.54 Å². The molecule has 2 aromatic rings. The molecule has 3 rings (SSSR count).